The van der Waals surface area contributed by atoms with Gasteiger partial charge in [0.15, 0.2) is 0 Å². The Morgan fingerprint density at radius 3 is 2.80 bits per heavy atom. The number of benzene rings is 1. The van der Waals surface area contributed by atoms with Gasteiger partial charge in [0.1, 0.15) is 5.75 Å². The van der Waals surface area contributed by atoms with Crippen molar-refractivity contribution < 1.29 is 17.9 Å². The van der Waals surface area contributed by atoms with E-state index in [4.69, 9.17) is 4.42 Å². The van der Waals surface area contributed by atoms with Crippen molar-refractivity contribution in [1.29, 1.82) is 0 Å². The van der Waals surface area contributed by atoms with Crippen molar-refractivity contribution in [3.05, 3.63) is 30.2 Å². The molecule has 0 bridgehead atoms. The fourth-order valence-electron chi connectivity index (χ4n) is 1.54. The second-order valence-electron chi connectivity index (χ2n) is 4.44. The first-order chi connectivity index (χ1) is 9.54. The molecule has 20 heavy (non-hydrogen) atoms. The topological polar surface area (TPSA) is 60.2 Å². The van der Waals surface area contributed by atoms with E-state index in [0.717, 1.165) is 0 Å². The van der Waals surface area contributed by atoms with E-state index in [2.05, 4.69) is 20.3 Å². The number of nitrogens with zero attached hydrogens (tertiary/aromatic N) is 2. The minimum absolute atomic E-state index is 0.0533. The number of nitrogens with one attached hydrogen (secondary N) is 1. The average molecular weight is 283 g/mol. The van der Waals surface area contributed by atoms with E-state index < -0.39 is 6.61 Å². The highest BCUT2D eigenvalue weighted by molar-refractivity contribution is 5.55. The minimum Gasteiger partial charge on any atom is -0.435 e. The van der Waals surface area contributed by atoms with Crippen LogP contribution >= 0.6 is 0 Å². The van der Waals surface area contributed by atoms with Crippen molar-refractivity contribution >= 4 is 0 Å². The molecule has 0 radical (unpaired) electrons. The third-order valence-corrected chi connectivity index (χ3v) is 2.43. The van der Waals surface area contributed by atoms with E-state index in [9.17, 15) is 8.78 Å². The van der Waals surface area contributed by atoms with Gasteiger partial charge in [-0.2, -0.15) is 8.78 Å². The molecule has 0 aliphatic carbocycles. The van der Waals surface area contributed by atoms with Crippen molar-refractivity contribution in [3.8, 4) is 17.2 Å². The van der Waals surface area contributed by atoms with Crippen LogP contribution in [0.25, 0.3) is 11.5 Å². The van der Waals surface area contributed by atoms with Gasteiger partial charge >= 0.3 is 6.61 Å². The van der Waals surface area contributed by atoms with Crippen LogP contribution in [-0.2, 0) is 6.54 Å². The molecule has 2 rings (SSSR count). The van der Waals surface area contributed by atoms with E-state index in [1.54, 1.807) is 12.1 Å². The lowest BCUT2D eigenvalue weighted by Gasteiger charge is -2.05. The van der Waals surface area contributed by atoms with Crippen LogP contribution in [0, 0.1) is 0 Å². The summed E-state index contributed by atoms with van der Waals surface area (Å²) in [5.41, 5.74) is 0.534. The quantitative estimate of drug-likeness (QED) is 0.883. The zero-order chi connectivity index (χ0) is 14.5. The van der Waals surface area contributed by atoms with Crippen molar-refractivity contribution in [2.45, 2.75) is 33.0 Å². The van der Waals surface area contributed by atoms with Gasteiger partial charge in [-0.3, -0.25) is 0 Å². The molecule has 5 nitrogen and oxygen atoms in total. The SMILES string of the molecule is CC(C)NCc1nnc(-c2cccc(OC(F)F)c2)o1. The molecule has 0 aliphatic heterocycles. The highest BCUT2D eigenvalue weighted by atomic mass is 19.3. The van der Waals surface area contributed by atoms with E-state index in [1.165, 1.54) is 12.1 Å². The van der Waals surface area contributed by atoms with Gasteiger partial charge in [-0.25, -0.2) is 0 Å². The van der Waals surface area contributed by atoms with Crippen LogP contribution in [0.1, 0.15) is 19.7 Å². The number of halogens is 2. The van der Waals surface area contributed by atoms with Gasteiger partial charge in [-0.05, 0) is 18.2 Å². The van der Waals surface area contributed by atoms with Crippen LogP contribution in [0.3, 0.4) is 0 Å². The Kier molecular flexibility index (Phi) is 4.62. The molecule has 7 heteroatoms. The summed E-state index contributed by atoms with van der Waals surface area (Å²) in [4.78, 5) is 0. The Balaban J connectivity index is 2.11. The third kappa shape index (κ3) is 3.99. The average Bonchev–Trinajstić information content (AvgIpc) is 2.84. The summed E-state index contributed by atoms with van der Waals surface area (Å²) in [6.45, 7) is 1.60. The Hall–Kier alpha value is -2.02. The van der Waals surface area contributed by atoms with Crippen LogP contribution < -0.4 is 10.1 Å². The summed E-state index contributed by atoms with van der Waals surface area (Å²) in [6, 6.07) is 6.44. The second-order valence-corrected chi connectivity index (χ2v) is 4.44. The zero-order valence-electron chi connectivity index (χ0n) is 11.1. The van der Waals surface area contributed by atoms with Gasteiger partial charge in [0.2, 0.25) is 11.8 Å². The monoisotopic (exact) mass is 283 g/mol. The lowest BCUT2D eigenvalue weighted by molar-refractivity contribution is -0.0498. The molecule has 0 atom stereocenters. The number of hydrogen-bond acceptors (Lipinski definition) is 5. The molecule has 0 fully saturated rings. The standard InChI is InChI=1S/C13H15F2N3O2/c1-8(2)16-7-11-17-18-12(20-11)9-4-3-5-10(6-9)19-13(14)15/h3-6,8,13,16H,7H2,1-2H3. The first-order valence-electron chi connectivity index (χ1n) is 6.15. The van der Waals surface area contributed by atoms with Crippen LogP contribution in [0.4, 0.5) is 8.78 Å². The highest BCUT2D eigenvalue weighted by Gasteiger charge is 2.11. The predicted octanol–water partition coefficient (Wildman–Crippen LogP) is 2.84. The summed E-state index contributed by atoms with van der Waals surface area (Å²) >= 11 is 0. The largest absolute Gasteiger partial charge is 0.435 e. The van der Waals surface area contributed by atoms with Crippen molar-refractivity contribution in [2.24, 2.45) is 0 Å². The second kappa shape index (κ2) is 6.42. The lowest BCUT2D eigenvalue weighted by atomic mass is 10.2. The van der Waals surface area contributed by atoms with Crippen molar-refractivity contribution in [2.75, 3.05) is 0 Å². The van der Waals surface area contributed by atoms with Gasteiger partial charge in [-0.15, -0.1) is 10.2 Å². The molecule has 1 N–H and O–H groups in total. The van der Waals surface area contributed by atoms with Crippen LogP contribution in [0.15, 0.2) is 28.7 Å². The molecule has 1 heterocycles. The summed E-state index contributed by atoms with van der Waals surface area (Å²) in [7, 11) is 0. The molecule has 0 aliphatic rings. The number of hydrogen-bond donors (Lipinski definition) is 1. The molecule has 0 saturated heterocycles. The lowest BCUT2D eigenvalue weighted by Crippen LogP contribution is -2.21. The highest BCUT2D eigenvalue weighted by Crippen LogP contribution is 2.23. The van der Waals surface area contributed by atoms with Gasteiger partial charge < -0.3 is 14.5 Å². The van der Waals surface area contributed by atoms with Gasteiger partial charge in [0, 0.05) is 11.6 Å². The maximum absolute atomic E-state index is 12.2. The van der Waals surface area contributed by atoms with Gasteiger partial charge in [0.05, 0.1) is 6.54 Å². The fourth-order valence-corrected chi connectivity index (χ4v) is 1.54. The molecule has 0 spiro atoms. The molecule has 0 saturated carbocycles. The maximum Gasteiger partial charge on any atom is 0.387 e. The van der Waals surface area contributed by atoms with E-state index in [0.29, 0.717) is 24.0 Å². The Labute approximate surface area is 115 Å². The first-order valence-corrected chi connectivity index (χ1v) is 6.15. The van der Waals surface area contributed by atoms with Crippen LogP contribution in [-0.4, -0.2) is 22.9 Å². The van der Waals surface area contributed by atoms with Crippen molar-refractivity contribution in [3.63, 3.8) is 0 Å². The van der Waals surface area contributed by atoms with Crippen molar-refractivity contribution in [1.82, 2.24) is 15.5 Å². The zero-order valence-corrected chi connectivity index (χ0v) is 11.1. The van der Waals surface area contributed by atoms with Gasteiger partial charge in [-0.1, -0.05) is 19.9 Å². The summed E-state index contributed by atoms with van der Waals surface area (Å²) < 4.78 is 34.1. The Morgan fingerprint density at radius 2 is 2.10 bits per heavy atom. The van der Waals surface area contributed by atoms with Crippen LogP contribution in [0.5, 0.6) is 5.75 Å². The number of rotatable bonds is 6. The minimum atomic E-state index is -2.86. The van der Waals surface area contributed by atoms with E-state index in [1.807, 2.05) is 13.8 Å². The van der Waals surface area contributed by atoms with E-state index in [-0.39, 0.29) is 11.6 Å². The molecule has 0 unspecified atom stereocenters. The molecule has 2 aromatic rings. The number of ether oxygens (including phenoxy) is 1. The molecule has 1 aromatic heterocycles. The normalized spacial score (nSPS) is 11.3. The summed E-state index contributed by atoms with van der Waals surface area (Å²) in [5.74, 6) is 0.761. The predicted molar refractivity (Wildman–Crippen MR) is 68.3 cm³/mol. The number of aromatic nitrogens is 2. The number of alkyl halides is 2. The molecule has 0 amide bonds. The van der Waals surface area contributed by atoms with Crippen LogP contribution in [0.2, 0.25) is 0 Å². The Bertz CT molecular complexity index is 558. The molecular formula is C13H15F2N3O2. The summed E-state index contributed by atoms with van der Waals surface area (Å²) in [5, 5.41) is 10.9. The van der Waals surface area contributed by atoms with E-state index >= 15 is 0 Å². The van der Waals surface area contributed by atoms with Gasteiger partial charge in [0.25, 0.3) is 0 Å². The smallest absolute Gasteiger partial charge is 0.387 e. The Morgan fingerprint density at radius 1 is 1.30 bits per heavy atom. The summed E-state index contributed by atoms with van der Waals surface area (Å²) in [6.07, 6.45) is 0. The first kappa shape index (κ1) is 14.4. The fraction of sp³-hybridized carbons (Fsp3) is 0.385. The third-order valence-electron chi connectivity index (χ3n) is 2.43. The maximum atomic E-state index is 12.2. The molecule has 108 valence electrons. The molecular weight excluding hydrogens is 268 g/mol. The molecule has 1 aromatic carbocycles.